The maximum Gasteiger partial charge on any atom is 0.276 e. The van der Waals surface area contributed by atoms with Gasteiger partial charge in [-0.05, 0) is 43.2 Å². The Kier molecular flexibility index (Phi) is 6.27. The Morgan fingerprint density at radius 2 is 1.47 bits per heavy atom. The monoisotopic (exact) mass is 423 g/mol. The Bertz CT molecular complexity index is 1170. The largest absolute Gasteiger partial charge is 0.276 e. The molecule has 8 heteroatoms. The summed E-state index contributed by atoms with van der Waals surface area (Å²) in [7, 11) is -3.87. The Morgan fingerprint density at radius 1 is 0.933 bits per heavy atom. The van der Waals surface area contributed by atoms with Gasteiger partial charge in [0.25, 0.3) is 15.7 Å². The number of sulfonamides is 1. The average molecular weight is 423 g/mol. The van der Waals surface area contributed by atoms with Gasteiger partial charge in [0, 0.05) is 23.3 Å². The highest BCUT2D eigenvalue weighted by atomic mass is 32.2. The van der Waals surface area contributed by atoms with Crippen molar-refractivity contribution >= 4 is 21.4 Å². The lowest BCUT2D eigenvalue weighted by molar-refractivity contribution is -0.384. The number of rotatable bonds is 7. The summed E-state index contributed by atoms with van der Waals surface area (Å²) in [6, 6.07) is 19.8. The molecule has 0 radical (unpaired) electrons. The molecule has 0 unspecified atom stereocenters. The van der Waals surface area contributed by atoms with Crippen LogP contribution in [0.25, 0.3) is 0 Å². The van der Waals surface area contributed by atoms with Crippen LogP contribution in [0.5, 0.6) is 0 Å². The molecule has 0 amide bonds. The predicted octanol–water partition coefficient (Wildman–Crippen LogP) is 4.20. The molecule has 3 aromatic carbocycles. The van der Waals surface area contributed by atoms with Crippen molar-refractivity contribution in [3.8, 4) is 0 Å². The zero-order chi connectivity index (χ0) is 21.7. The van der Waals surface area contributed by atoms with Crippen LogP contribution < -0.4 is 4.83 Å². The second kappa shape index (κ2) is 8.87. The minimum absolute atomic E-state index is 0.0559. The van der Waals surface area contributed by atoms with E-state index in [1.54, 1.807) is 24.3 Å². The SMILES string of the molecule is CCc1ccc(/C(=N\NS(=O)(=O)c2ccc(C)cc2)c2ccc([N+](=O)[O-])cc2)cc1. The Balaban J connectivity index is 2.01. The van der Waals surface area contributed by atoms with Crippen molar-refractivity contribution in [3.05, 3.63) is 105 Å². The second-order valence-electron chi connectivity index (χ2n) is 6.72. The third kappa shape index (κ3) is 4.90. The van der Waals surface area contributed by atoms with Crippen LogP contribution in [-0.2, 0) is 16.4 Å². The first-order chi connectivity index (χ1) is 14.3. The number of hydrogen-bond acceptors (Lipinski definition) is 5. The molecule has 0 saturated heterocycles. The van der Waals surface area contributed by atoms with E-state index in [1.165, 1.54) is 24.3 Å². The van der Waals surface area contributed by atoms with Crippen LogP contribution in [0.3, 0.4) is 0 Å². The molecule has 3 aromatic rings. The molecule has 0 saturated carbocycles. The summed E-state index contributed by atoms with van der Waals surface area (Å²) in [5.74, 6) is 0. The summed E-state index contributed by atoms with van der Waals surface area (Å²) in [6.45, 7) is 3.91. The minimum Gasteiger partial charge on any atom is -0.258 e. The van der Waals surface area contributed by atoms with E-state index in [2.05, 4.69) is 9.93 Å². The van der Waals surface area contributed by atoms with Gasteiger partial charge in [0.1, 0.15) is 0 Å². The number of nitro groups is 1. The van der Waals surface area contributed by atoms with Crippen molar-refractivity contribution in [1.29, 1.82) is 0 Å². The molecule has 0 spiro atoms. The van der Waals surface area contributed by atoms with Crippen molar-refractivity contribution in [2.75, 3.05) is 0 Å². The smallest absolute Gasteiger partial charge is 0.258 e. The molecular formula is C22H21N3O4S. The fourth-order valence-corrected chi connectivity index (χ4v) is 3.62. The summed E-state index contributed by atoms with van der Waals surface area (Å²) in [6.07, 6.45) is 0.865. The first-order valence-electron chi connectivity index (χ1n) is 9.30. The van der Waals surface area contributed by atoms with E-state index in [0.29, 0.717) is 16.8 Å². The second-order valence-corrected chi connectivity index (χ2v) is 8.38. The van der Waals surface area contributed by atoms with Gasteiger partial charge in [-0.1, -0.05) is 48.9 Å². The highest BCUT2D eigenvalue weighted by Crippen LogP contribution is 2.18. The standard InChI is InChI=1S/C22H21N3O4S/c1-3-17-6-8-18(9-7-17)22(19-10-12-20(13-11-19)25(26)27)23-24-30(28,29)21-14-4-16(2)5-15-21/h4-15,24H,3H2,1-2H3/b23-22+. The van der Waals surface area contributed by atoms with E-state index >= 15 is 0 Å². The number of nitro benzene ring substituents is 1. The summed E-state index contributed by atoms with van der Waals surface area (Å²) < 4.78 is 25.3. The Labute approximate surface area is 175 Å². The highest BCUT2D eigenvalue weighted by Gasteiger charge is 2.15. The van der Waals surface area contributed by atoms with Crippen molar-refractivity contribution < 1.29 is 13.3 Å². The molecule has 7 nitrogen and oxygen atoms in total. The van der Waals surface area contributed by atoms with Crippen LogP contribution in [-0.4, -0.2) is 19.1 Å². The van der Waals surface area contributed by atoms with E-state index < -0.39 is 14.9 Å². The van der Waals surface area contributed by atoms with Crippen LogP contribution in [0, 0.1) is 17.0 Å². The molecule has 0 aliphatic rings. The van der Waals surface area contributed by atoms with Gasteiger partial charge in [-0.3, -0.25) is 10.1 Å². The van der Waals surface area contributed by atoms with Gasteiger partial charge in [-0.15, -0.1) is 0 Å². The van der Waals surface area contributed by atoms with E-state index in [1.807, 2.05) is 38.1 Å². The third-order valence-electron chi connectivity index (χ3n) is 4.60. The van der Waals surface area contributed by atoms with Gasteiger partial charge in [-0.25, -0.2) is 0 Å². The molecular weight excluding hydrogens is 402 g/mol. The van der Waals surface area contributed by atoms with Crippen molar-refractivity contribution in [2.24, 2.45) is 5.10 Å². The lowest BCUT2D eigenvalue weighted by Crippen LogP contribution is -2.21. The van der Waals surface area contributed by atoms with Gasteiger partial charge in [0.2, 0.25) is 0 Å². The van der Waals surface area contributed by atoms with E-state index in [4.69, 9.17) is 0 Å². The van der Waals surface area contributed by atoms with Crippen LogP contribution in [0.1, 0.15) is 29.2 Å². The fraction of sp³-hybridized carbons (Fsp3) is 0.136. The first-order valence-corrected chi connectivity index (χ1v) is 10.8. The number of hydrogen-bond donors (Lipinski definition) is 1. The average Bonchev–Trinajstić information content (AvgIpc) is 2.75. The third-order valence-corrected chi connectivity index (χ3v) is 5.82. The number of nitrogens with zero attached hydrogens (tertiary/aromatic N) is 2. The molecule has 0 heterocycles. The van der Waals surface area contributed by atoms with Gasteiger partial charge in [0.05, 0.1) is 15.5 Å². The summed E-state index contributed by atoms with van der Waals surface area (Å²) >= 11 is 0. The first kappa shape index (κ1) is 21.2. The predicted molar refractivity (Wildman–Crippen MR) is 116 cm³/mol. The quantitative estimate of drug-likeness (QED) is 0.350. The number of hydrazone groups is 1. The van der Waals surface area contributed by atoms with Gasteiger partial charge in [-0.2, -0.15) is 18.4 Å². The van der Waals surface area contributed by atoms with E-state index in [0.717, 1.165) is 17.5 Å². The lowest BCUT2D eigenvalue weighted by Gasteiger charge is -2.10. The number of non-ortho nitro benzene ring substituents is 1. The molecule has 1 N–H and O–H groups in total. The zero-order valence-electron chi connectivity index (χ0n) is 16.6. The molecule has 0 fully saturated rings. The maximum absolute atomic E-state index is 12.6. The van der Waals surface area contributed by atoms with E-state index in [9.17, 15) is 18.5 Å². The minimum atomic E-state index is -3.87. The molecule has 0 atom stereocenters. The Hall–Kier alpha value is -3.52. The van der Waals surface area contributed by atoms with Crippen molar-refractivity contribution in [1.82, 2.24) is 4.83 Å². The van der Waals surface area contributed by atoms with Gasteiger partial charge in [0.15, 0.2) is 0 Å². The molecule has 0 bridgehead atoms. The van der Waals surface area contributed by atoms with Gasteiger partial charge < -0.3 is 0 Å². The van der Waals surface area contributed by atoms with Crippen LogP contribution >= 0.6 is 0 Å². The van der Waals surface area contributed by atoms with Gasteiger partial charge >= 0.3 is 0 Å². The number of benzene rings is 3. The van der Waals surface area contributed by atoms with Crippen LogP contribution in [0.2, 0.25) is 0 Å². The Morgan fingerprint density at radius 3 is 1.97 bits per heavy atom. The van der Waals surface area contributed by atoms with E-state index in [-0.39, 0.29) is 10.6 Å². The van der Waals surface area contributed by atoms with Crippen molar-refractivity contribution in [3.63, 3.8) is 0 Å². The molecule has 154 valence electrons. The van der Waals surface area contributed by atoms with Crippen molar-refractivity contribution in [2.45, 2.75) is 25.2 Å². The zero-order valence-corrected chi connectivity index (χ0v) is 17.4. The molecule has 0 aliphatic heterocycles. The van der Waals surface area contributed by atoms with Crippen LogP contribution in [0.4, 0.5) is 5.69 Å². The number of aryl methyl sites for hydroxylation is 2. The molecule has 0 aromatic heterocycles. The summed E-state index contributed by atoms with van der Waals surface area (Å²) in [4.78, 5) is 12.8. The topological polar surface area (TPSA) is 102 Å². The highest BCUT2D eigenvalue weighted by molar-refractivity contribution is 7.89. The lowest BCUT2D eigenvalue weighted by atomic mass is 10.0. The molecule has 30 heavy (non-hydrogen) atoms. The fourth-order valence-electron chi connectivity index (χ4n) is 2.81. The maximum atomic E-state index is 12.6. The molecule has 3 rings (SSSR count). The summed E-state index contributed by atoms with van der Waals surface area (Å²) in [5, 5.41) is 15.1. The van der Waals surface area contributed by atoms with Crippen LogP contribution in [0.15, 0.2) is 82.8 Å². The summed E-state index contributed by atoms with van der Waals surface area (Å²) in [5.41, 5.74) is 3.62. The molecule has 0 aliphatic carbocycles. The number of nitrogens with one attached hydrogen (secondary N) is 1. The normalized spacial score (nSPS) is 11.9.